The lowest BCUT2D eigenvalue weighted by molar-refractivity contribution is -0.378. The highest BCUT2D eigenvalue weighted by atomic mass is 16.7. The molecule has 7 heteroatoms. The Kier molecular flexibility index (Phi) is 13.2. The minimum atomic E-state index is -1.95. The normalized spacial score (nSPS) is 20.9. The molecule has 6 aromatic carbocycles. The molecule has 1 N–H and O–H groups in total. The van der Waals surface area contributed by atoms with E-state index in [1.165, 1.54) is 0 Å². The maximum atomic E-state index is 13.1. The van der Waals surface area contributed by atoms with Gasteiger partial charge in [0.05, 0.1) is 40.1 Å². The minimum absolute atomic E-state index is 0.138. The number of rotatable bonds is 17. The van der Waals surface area contributed by atoms with Crippen molar-refractivity contribution < 1.29 is 33.5 Å². The summed E-state index contributed by atoms with van der Waals surface area (Å²) in [6, 6.07) is 55.8. The summed E-state index contributed by atoms with van der Waals surface area (Å²) in [7, 11) is 1.66. The summed E-state index contributed by atoms with van der Waals surface area (Å²) in [5.74, 6) is -1.15. The monoisotopic (exact) mass is 736 g/mol. The Hall–Kier alpha value is -5.12. The zero-order valence-corrected chi connectivity index (χ0v) is 31.1. The highest BCUT2D eigenvalue weighted by Crippen LogP contribution is 2.42. The van der Waals surface area contributed by atoms with Crippen molar-refractivity contribution in [3.05, 3.63) is 209 Å². The fourth-order valence-corrected chi connectivity index (χ4v) is 6.97. The first-order chi connectivity index (χ1) is 27.1. The van der Waals surface area contributed by atoms with E-state index in [2.05, 4.69) is 6.07 Å². The van der Waals surface area contributed by atoms with Crippen molar-refractivity contribution in [2.75, 3.05) is 13.7 Å². The maximum absolute atomic E-state index is 13.1. The van der Waals surface area contributed by atoms with Crippen LogP contribution in [0.1, 0.15) is 38.9 Å². The summed E-state index contributed by atoms with van der Waals surface area (Å²) in [6.07, 6.45) is -2.55. The lowest BCUT2D eigenvalue weighted by atomic mass is 9.86. The zero-order chi connectivity index (χ0) is 37.7. The molecule has 6 aromatic rings. The van der Waals surface area contributed by atoms with Gasteiger partial charge in [-0.15, -0.1) is 0 Å². The highest BCUT2D eigenvalue weighted by molar-refractivity contribution is 5.35. The van der Waals surface area contributed by atoms with E-state index < -0.39 is 30.2 Å². The molecule has 0 amide bonds. The Morgan fingerprint density at radius 3 is 1.55 bits per heavy atom. The van der Waals surface area contributed by atoms with Gasteiger partial charge in [0.2, 0.25) is 5.79 Å². The van der Waals surface area contributed by atoms with Crippen molar-refractivity contribution in [3.63, 3.8) is 0 Å². The summed E-state index contributed by atoms with van der Waals surface area (Å²) in [4.78, 5) is 0. The molecule has 1 aliphatic rings. The number of ether oxygens (including phenoxy) is 6. The number of benzene rings is 6. The number of hydrogen-bond acceptors (Lipinski definition) is 7. The molecule has 1 aliphatic heterocycles. The van der Waals surface area contributed by atoms with Crippen LogP contribution in [-0.4, -0.2) is 43.2 Å². The first kappa shape index (κ1) is 38.2. The number of hydrogen-bond donors (Lipinski definition) is 1. The fraction of sp³-hybridized carbons (Fsp3) is 0.250. The molecule has 0 aliphatic carbocycles. The van der Waals surface area contributed by atoms with Gasteiger partial charge in [-0.1, -0.05) is 152 Å². The van der Waals surface area contributed by atoms with Gasteiger partial charge < -0.3 is 33.5 Å². The van der Waals surface area contributed by atoms with Crippen LogP contribution in [0.15, 0.2) is 170 Å². The van der Waals surface area contributed by atoms with Crippen LogP contribution >= 0.6 is 0 Å². The molecule has 0 saturated carbocycles. The fourth-order valence-electron chi connectivity index (χ4n) is 6.97. The van der Waals surface area contributed by atoms with Crippen molar-refractivity contribution in [2.24, 2.45) is 0 Å². The van der Waals surface area contributed by atoms with Gasteiger partial charge in [0, 0.05) is 5.56 Å². The summed E-state index contributed by atoms with van der Waals surface area (Å²) < 4.78 is 39.1. The molecule has 5 atom stereocenters. The molecule has 282 valence electrons. The quantitative estimate of drug-likeness (QED) is 0.100. The molecule has 1 saturated heterocycles. The third kappa shape index (κ3) is 10.1. The highest BCUT2D eigenvalue weighted by Gasteiger charge is 2.57. The third-order valence-electron chi connectivity index (χ3n) is 9.85. The summed E-state index contributed by atoms with van der Waals surface area (Å²) in [5, 5.41) is 13.1. The van der Waals surface area contributed by atoms with Crippen LogP contribution in [0.3, 0.4) is 0 Å². The molecule has 0 bridgehead atoms. The topological polar surface area (TPSA) is 75.6 Å². The van der Waals surface area contributed by atoms with Gasteiger partial charge in [0.1, 0.15) is 30.2 Å². The molecule has 7 nitrogen and oxygen atoms in total. The second-order valence-corrected chi connectivity index (χ2v) is 13.8. The lowest BCUT2D eigenvalue weighted by Gasteiger charge is -2.50. The number of aliphatic hydroxyl groups is 1. The van der Waals surface area contributed by atoms with Crippen LogP contribution in [0, 0.1) is 0 Å². The van der Waals surface area contributed by atoms with E-state index >= 15 is 0 Å². The largest absolute Gasteiger partial charge is 0.497 e. The Morgan fingerprint density at radius 1 is 0.509 bits per heavy atom. The molecule has 7 rings (SSSR count). The van der Waals surface area contributed by atoms with Crippen LogP contribution in [0.2, 0.25) is 0 Å². The first-order valence-electron chi connectivity index (χ1n) is 18.8. The minimum Gasteiger partial charge on any atom is -0.497 e. The van der Waals surface area contributed by atoms with Crippen molar-refractivity contribution in [1.29, 1.82) is 0 Å². The summed E-state index contributed by atoms with van der Waals surface area (Å²) in [6.45, 7) is 1.29. The van der Waals surface area contributed by atoms with Crippen LogP contribution in [0.4, 0.5) is 0 Å². The van der Waals surface area contributed by atoms with Crippen LogP contribution < -0.4 is 4.74 Å². The first-order valence-corrected chi connectivity index (χ1v) is 18.8. The molecular weight excluding hydrogens is 689 g/mol. The standard InChI is InChI=1S/C48H48O7/c1-50-43-27-25-36(26-28-43)29-41-23-14-24-42(30-41)48(49)47(54-34-40-21-12-5-13-22-40)46(53-33-39-19-10-4-11-20-39)45(52-32-38-17-8-3-9-18-38)44(55-48)35-51-31-37-15-6-2-7-16-37/h2-28,30,44-47,49H,29,31-35H2,1H3/t44-,45-,46+,47-,48?/m1/s1. The van der Waals surface area contributed by atoms with Gasteiger partial charge in [-0.2, -0.15) is 0 Å². The molecule has 1 unspecified atom stereocenters. The summed E-state index contributed by atoms with van der Waals surface area (Å²) >= 11 is 0. The van der Waals surface area contributed by atoms with Crippen LogP contribution in [-0.2, 0) is 62.3 Å². The molecule has 1 fully saturated rings. The van der Waals surface area contributed by atoms with Crippen molar-refractivity contribution >= 4 is 0 Å². The van der Waals surface area contributed by atoms with E-state index in [0.29, 0.717) is 25.2 Å². The molecule has 0 spiro atoms. The SMILES string of the molecule is COc1ccc(Cc2cccc(C3(O)O[C@H](COCc4ccccc4)[C@@H](OCc4ccccc4)[C@H](OCc4ccccc4)[C@H]3OCc3ccccc3)c2)cc1. The molecular formula is C48H48O7. The van der Waals surface area contributed by atoms with E-state index in [1.54, 1.807) is 7.11 Å². The van der Waals surface area contributed by atoms with Gasteiger partial charge in [0.25, 0.3) is 0 Å². The van der Waals surface area contributed by atoms with E-state index in [1.807, 2.05) is 164 Å². The zero-order valence-electron chi connectivity index (χ0n) is 31.1. The second-order valence-electron chi connectivity index (χ2n) is 13.8. The number of methoxy groups -OCH3 is 1. The Labute approximate surface area is 324 Å². The predicted molar refractivity (Wildman–Crippen MR) is 212 cm³/mol. The maximum Gasteiger partial charge on any atom is 0.222 e. The van der Waals surface area contributed by atoms with E-state index in [4.69, 9.17) is 28.4 Å². The average molecular weight is 737 g/mol. The van der Waals surface area contributed by atoms with Gasteiger partial charge in [-0.3, -0.25) is 0 Å². The lowest BCUT2D eigenvalue weighted by Crippen LogP contribution is -2.65. The van der Waals surface area contributed by atoms with Gasteiger partial charge in [-0.25, -0.2) is 0 Å². The molecule has 1 heterocycles. The smallest absolute Gasteiger partial charge is 0.222 e. The van der Waals surface area contributed by atoms with Crippen molar-refractivity contribution in [2.45, 2.75) is 63.1 Å². The third-order valence-corrected chi connectivity index (χ3v) is 9.85. The van der Waals surface area contributed by atoms with Crippen LogP contribution in [0.25, 0.3) is 0 Å². The van der Waals surface area contributed by atoms with Crippen molar-refractivity contribution in [3.8, 4) is 5.75 Å². The molecule has 0 radical (unpaired) electrons. The van der Waals surface area contributed by atoms with E-state index in [-0.39, 0.29) is 19.8 Å². The predicted octanol–water partition coefficient (Wildman–Crippen LogP) is 8.80. The second kappa shape index (κ2) is 19.0. The van der Waals surface area contributed by atoms with E-state index in [0.717, 1.165) is 39.1 Å². The van der Waals surface area contributed by atoms with Crippen LogP contribution in [0.5, 0.6) is 5.75 Å². The average Bonchev–Trinajstić information content (AvgIpc) is 3.24. The Bertz CT molecular complexity index is 2010. The Morgan fingerprint density at radius 2 is 1.00 bits per heavy atom. The van der Waals surface area contributed by atoms with Crippen molar-refractivity contribution in [1.82, 2.24) is 0 Å². The molecule has 55 heavy (non-hydrogen) atoms. The Balaban J connectivity index is 1.27. The molecule has 0 aromatic heterocycles. The van der Waals surface area contributed by atoms with Gasteiger partial charge >= 0.3 is 0 Å². The van der Waals surface area contributed by atoms with E-state index in [9.17, 15) is 5.11 Å². The summed E-state index contributed by atoms with van der Waals surface area (Å²) in [5.41, 5.74) is 6.64. The van der Waals surface area contributed by atoms with Gasteiger partial charge in [0.15, 0.2) is 0 Å². The van der Waals surface area contributed by atoms with Gasteiger partial charge in [-0.05, 0) is 58.0 Å².